The van der Waals surface area contributed by atoms with Gasteiger partial charge in [0.25, 0.3) is 5.91 Å². The zero-order chi connectivity index (χ0) is 20.1. The Balaban J connectivity index is 1.56. The minimum absolute atomic E-state index is 0.167. The van der Waals surface area contributed by atoms with Crippen LogP contribution in [0.3, 0.4) is 0 Å². The fraction of sp³-hybridized carbons (Fsp3) is 0.158. The second-order valence-corrected chi connectivity index (χ2v) is 7.43. The minimum atomic E-state index is -0.249. The molecule has 0 aliphatic carbocycles. The molecule has 2 N–H and O–H groups in total. The van der Waals surface area contributed by atoms with Crippen LogP contribution in [0.2, 0.25) is 5.02 Å². The lowest BCUT2D eigenvalue weighted by Crippen LogP contribution is -2.15. The van der Waals surface area contributed by atoms with E-state index in [-0.39, 0.29) is 17.6 Å². The number of hydrogen-bond acceptors (Lipinski definition) is 5. The van der Waals surface area contributed by atoms with E-state index in [2.05, 4.69) is 20.8 Å². The summed E-state index contributed by atoms with van der Waals surface area (Å²) in [5.74, 6) is -0.205. The summed E-state index contributed by atoms with van der Waals surface area (Å²) in [6.07, 6.45) is 1.58. The van der Waals surface area contributed by atoms with Gasteiger partial charge in [-0.25, -0.2) is 0 Å². The fourth-order valence-electron chi connectivity index (χ4n) is 2.36. The van der Waals surface area contributed by atoms with E-state index >= 15 is 0 Å². The average Bonchev–Trinajstić information content (AvgIpc) is 3.08. The summed E-state index contributed by atoms with van der Waals surface area (Å²) >= 11 is 7.28. The number of benzene rings is 2. The van der Waals surface area contributed by atoms with Gasteiger partial charge in [0.2, 0.25) is 5.91 Å². The van der Waals surface area contributed by atoms with Gasteiger partial charge in [-0.05, 0) is 48.9 Å². The summed E-state index contributed by atoms with van der Waals surface area (Å²) in [5.41, 5.74) is 2.67. The number of aromatic nitrogens is 3. The van der Waals surface area contributed by atoms with Crippen LogP contribution in [0.15, 0.2) is 53.9 Å². The highest BCUT2D eigenvalue weighted by molar-refractivity contribution is 7.99. The van der Waals surface area contributed by atoms with Crippen molar-refractivity contribution >= 4 is 46.6 Å². The molecule has 0 saturated heterocycles. The number of carbonyl (C=O) groups is 2. The molecular weight excluding hydrogens is 398 g/mol. The minimum Gasteiger partial charge on any atom is -0.325 e. The van der Waals surface area contributed by atoms with E-state index < -0.39 is 0 Å². The third-order valence-electron chi connectivity index (χ3n) is 3.88. The van der Waals surface area contributed by atoms with E-state index in [9.17, 15) is 9.59 Å². The maximum atomic E-state index is 12.4. The third-order valence-corrected chi connectivity index (χ3v) is 5.15. The van der Waals surface area contributed by atoms with Gasteiger partial charge < -0.3 is 15.2 Å². The summed E-state index contributed by atoms with van der Waals surface area (Å²) in [4.78, 5) is 24.5. The molecule has 0 spiro atoms. The van der Waals surface area contributed by atoms with Crippen LogP contribution in [0.4, 0.5) is 11.4 Å². The van der Waals surface area contributed by atoms with Crippen molar-refractivity contribution in [2.45, 2.75) is 12.1 Å². The average molecular weight is 416 g/mol. The van der Waals surface area contributed by atoms with Crippen LogP contribution in [0.5, 0.6) is 0 Å². The van der Waals surface area contributed by atoms with Gasteiger partial charge in [-0.2, -0.15) is 0 Å². The molecule has 7 nitrogen and oxygen atoms in total. The predicted octanol–water partition coefficient (Wildman–Crippen LogP) is 3.76. The van der Waals surface area contributed by atoms with Crippen LogP contribution in [0, 0.1) is 6.92 Å². The van der Waals surface area contributed by atoms with Gasteiger partial charge in [0, 0.05) is 29.0 Å². The van der Waals surface area contributed by atoms with E-state index in [0.29, 0.717) is 27.1 Å². The summed E-state index contributed by atoms with van der Waals surface area (Å²) < 4.78 is 1.74. The molecular formula is C19H18ClN5O2S. The van der Waals surface area contributed by atoms with E-state index in [1.54, 1.807) is 47.3 Å². The smallest absolute Gasteiger partial charge is 0.255 e. The zero-order valence-electron chi connectivity index (χ0n) is 15.3. The first kappa shape index (κ1) is 19.9. The normalized spacial score (nSPS) is 10.5. The lowest BCUT2D eigenvalue weighted by atomic mass is 10.1. The Morgan fingerprint density at radius 3 is 2.57 bits per heavy atom. The van der Waals surface area contributed by atoms with E-state index in [4.69, 9.17) is 11.6 Å². The first-order valence-corrected chi connectivity index (χ1v) is 9.73. The van der Waals surface area contributed by atoms with Crippen molar-refractivity contribution in [3.05, 3.63) is 64.9 Å². The van der Waals surface area contributed by atoms with E-state index in [1.165, 1.54) is 11.8 Å². The van der Waals surface area contributed by atoms with Crippen molar-refractivity contribution in [3.8, 4) is 0 Å². The fourth-order valence-corrected chi connectivity index (χ4v) is 3.22. The van der Waals surface area contributed by atoms with Crippen molar-refractivity contribution in [1.82, 2.24) is 14.8 Å². The van der Waals surface area contributed by atoms with Crippen LogP contribution < -0.4 is 10.6 Å². The second-order valence-electron chi connectivity index (χ2n) is 6.05. The molecule has 0 unspecified atom stereocenters. The Kier molecular flexibility index (Phi) is 6.33. The molecule has 3 aromatic rings. The molecule has 0 fully saturated rings. The van der Waals surface area contributed by atoms with Crippen molar-refractivity contribution in [3.63, 3.8) is 0 Å². The molecule has 1 heterocycles. The highest BCUT2D eigenvalue weighted by Crippen LogP contribution is 2.21. The second kappa shape index (κ2) is 8.90. The SMILES string of the molecule is Cc1ccc(Cl)cc1NC(=O)c1ccc(NC(=O)CSc2nncn2C)cc1. The van der Waals surface area contributed by atoms with Crippen LogP contribution >= 0.6 is 23.4 Å². The van der Waals surface area contributed by atoms with Crippen molar-refractivity contribution in [2.24, 2.45) is 7.05 Å². The van der Waals surface area contributed by atoms with Gasteiger partial charge in [-0.3, -0.25) is 9.59 Å². The van der Waals surface area contributed by atoms with Gasteiger partial charge in [0.15, 0.2) is 5.16 Å². The molecule has 9 heteroatoms. The van der Waals surface area contributed by atoms with Crippen molar-refractivity contribution < 1.29 is 9.59 Å². The largest absolute Gasteiger partial charge is 0.325 e. The molecule has 2 aromatic carbocycles. The quantitative estimate of drug-likeness (QED) is 0.598. The number of halogens is 1. The van der Waals surface area contributed by atoms with Crippen molar-refractivity contribution in [1.29, 1.82) is 0 Å². The number of amides is 2. The molecule has 1 aromatic heterocycles. The number of carbonyl (C=O) groups excluding carboxylic acids is 2. The molecule has 0 atom stereocenters. The first-order valence-electron chi connectivity index (χ1n) is 8.36. The van der Waals surface area contributed by atoms with E-state index in [1.807, 2.05) is 20.0 Å². The van der Waals surface area contributed by atoms with Gasteiger partial charge in [-0.15, -0.1) is 10.2 Å². The number of rotatable bonds is 6. The van der Waals surface area contributed by atoms with Crippen LogP contribution in [-0.2, 0) is 11.8 Å². The molecule has 144 valence electrons. The lowest BCUT2D eigenvalue weighted by Gasteiger charge is -2.10. The number of aryl methyl sites for hydroxylation is 2. The summed E-state index contributed by atoms with van der Waals surface area (Å²) in [6, 6.07) is 12.0. The highest BCUT2D eigenvalue weighted by atomic mass is 35.5. The van der Waals surface area contributed by atoms with Gasteiger partial charge in [0.1, 0.15) is 6.33 Å². The third kappa shape index (κ3) is 5.11. The maximum Gasteiger partial charge on any atom is 0.255 e. The number of thioether (sulfide) groups is 1. The molecule has 2 amide bonds. The summed E-state index contributed by atoms with van der Waals surface area (Å²) in [6.45, 7) is 1.89. The molecule has 0 bridgehead atoms. The highest BCUT2D eigenvalue weighted by Gasteiger charge is 2.10. The molecule has 0 saturated carbocycles. The maximum absolute atomic E-state index is 12.4. The Morgan fingerprint density at radius 2 is 1.89 bits per heavy atom. The summed E-state index contributed by atoms with van der Waals surface area (Å²) in [7, 11) is 1.81. The van der Waals surface area contributed by atoms with Crippen LogP contribution in [-0.4, -0.2) is 32.3 Å². The number of nitrogens with zero attached hydrogens (tertiary/aromatic N) is 3. The van der Waals surface area contributed by atoms with Crippen LogP contribution in [0.25, 0.3) is 0 Å². The lowest BCUT2D eigenvalue weighted by molar-refractivity contribution is -0.113. The molecule has 3 rings (SSSR count). The van der Waals surface area contributed by atoms with Crippen LogP contribution in [0.1, 0.15) is 15.9 Å². The number of hydrogen-bond donors (Lipinski definition) is 2. The Morgan fingerprint density at radius 1 is 1.14 bits per heavy atom. The first-order chi connectivity index (χ1) is 13.4. The monoisotopic (exact) mass is 415 g/mol. The number of anilines is 2. The number of nitrogens with one attached hydrogen (secondary N) is 2. The topological polar surface area (TPSA) is 88.9 Å². The molecule has 0 radical (unpaired) electrons. The summed E-state index contributed by atoms with van der Waals surface area (Å²) in [5, 5.41) is 14.5. The Labute approximate surface area is 171 Å². The molecule has 0 aliphatic heterocycles. The van der Waals surface area contributed by atoms with Gasteiger partial charge in [-0.1, -0.05) is 29.4 Å². The molecule has 0 aliphatic rings. The zero-order valence-corrected chi connectivity index (χ0v) is 16.8. The van der Waals surface area contributed by atoms with Gasteiger partial charge in [0.05, 0.1) is 5.75 Å². The Hall–Kier alpha value is -2.84. The predicted molar refractivity (Wildman–Crippen MR) is 111 cm³/mol. The standard InChI is InChI=1S/C19H18ClN5O2S/c1-12-3-6-14(20)9-16(12)23-18(27)13-4-7-15(8-5-13)22-17(26)10-28-19-24-21-11-25(19)2/h3-9,11H,10H2,1-2H3,(H,22,26)(H,23,27). The van der Waals surface area contributed by atoms with Gasteiger partial charge >= 0.3 is 0 Å². The molecule has 28 heavy (non-hydrogen) atoms. The van der Waals surface area contributed by atoms with E-state index in [0.717, 1.165) is 5.56 Å². The van der Waals surface area contributed by atoms with Crippen molar-refractivity contribution in [2.75, 3.05) is 16.4 Å². The Bertz CT molecular complexity index is 1000.